The van der Waals surface area contributed by atoms with Gasteiger partial charge < -0.3 is 9.53 Å². The molecule has 0 aliphatic carbocycles. The number of aryl methyl sites for hydroxylation is 1. The second-order valence-electron chi connectivity index (χ2n) is 3.63. The van der Waals surface area contributed by atoms with Gasteiger partial charge in [0, 0.05) is 12.5 Å². The van der Waals surface area contributed by atoms with Crippen LogP contribution in [0, 0.1) is 11.6 Å². The average Bonchev–Trinajstić information content (AvgIpc) is 2.22. The number of halogens is 2. The van der Waals surface area contributed by atoms with E-state index in [1.807, 2.05) is 0 Å². The number of Topliss-reactive ketones (excluding diaryl/α,β-unsaturated/α-hetero) is 1. The summed E-state index contributed by atoms with van der Waals surface area (Å²) in [7, 11) is 1.28. The number of carbonyl (C=O) groups is 1. The van der Waals surface area contributed by atoms with Gasteiger partial charge in [0.2, 0.25) is 0 Å². The first-order valence-electron chi connectivity index (χ1n) is 5.06. The van der Waals surface area contributed by atoms with Crippen LogP contribution in [0.25, 0.3) is 0 Å². The molecule has 0 radical (unpaired) electrons. The van der Waals surface area contributed by atoms with Crippen molar-refractivity contribution in [3.63, 3.8) is 0 Å². The fourth-order valence-corrected chi connectivity index (χ4v) is 1.45. The summed E-state index contributed by atoms with van der Waals surface area (Å²) in [4.78, 5) is 10.7. The smallest absolute Gasteiger partial charge is 0.165 e. The van der Waals surface area contributed by atoms with Crippen molar-refractivity contribution in [1.82, 2.24) is 0 Å². The number of methoxy groups -OCH3 is 1. The average molecular weight is 228 g/mol. The molecule has 0 aliphatic rings. The van der Waals surface area contributed by atoms with Crippen molar-refractivity contribution in [2.24, 2.45) is 0 Å². The molecule has 0 spiro atoms. The number of benzene rings is 1. The van der Waals surface area contributed by atoms with E-state index >= 15 is 0 Å². The number of hydrogen-bond acceptors (Lipinski definition) is 2. The molecule has 1 aromatic rings. The van der Waals surface area contributed by atoms with E-state index < -0.39 is 11.6 Å². The summed E-state index contributed by atoms with van der Waals surface area (Å²) in [6, 6.07) is 2.15. The third kappa shape index (κ3) is 3.29. The molecule has 0 fully saturated rings. The highest BCUT2D eigenvalue weighted by Crippen LogP contribution is 2.22. The molecule has 4 heteroatoms. The van der Waals surface area contributed by atoms with Gasteiger partial charge in [-0.3, -0.25) is 0 Å². The molecule has 16 heavy (non-hydrogen) atoms. The predicted molar refractivity (Wildman–Crippen MR) is 56.5 cm³/mol. The summed E-state index contributed by atoms with van der Waals surface area (Å²) < 4.78 is 31.3. The maximum atomic E-state index is 13.4. The zero-order chi connectivity index (χ0) is 12.1. The number of rotatable bonds is 5. The minimum Gasteiger partial charge on any atom is -0.494 e. The van der Waals surface area contributed by atoms with Gasteiger partial charge in [0.05, 0.1) is 7.11 Å². The molecule has 0 amide bonds. The minimum atomic E-state index is -0.582. The van der Waals surface area contributed by atoms with Crippen molar-refractivity contribution >= 4 is 5.78 Å². The van der Waals surface area contributed by atoms with E-state index in [0.717, 1.165) is 12.1 Å². The van der Waals surface area contributed by atoms with Crippen LogP contribution in [0.15, 0.2) is 12.1 Å². The lowest BCUT2D eigenvalue weighted by Crippen LogP contribution is -1.98. The van der Waals surface area contributed by atoms with Gasteiger partial charge >= 0.3 is 0 Å². The van der Waals surface area contributed by atoms with E-state index in [0.29, 0.717) is 19.3 Å². The SMILES string of the molecule is COc1cc(F)c(CCCC(C)=O)cc1F. The molecular weight excluding hydrogens is 214 g/mol. The summed E-state index contributed by atoms with van der Waals surface area (Å²) in [5, 5.41) is 0. The summed E-state index contributed by atoms with van der Waals surface area (Å²) in [5.74, 6) is -1.13. The molecule has 1 aromatic carbocycles. The molecule has 0 aromatic heterocycles. The highest BCUT2D eigenvalue weighted by atomic mass is 19.1. The maximum absolute atomic E-state index is 13.4. The van der Waals surface area contributed by atoms with Gasteiger partial charge in [-0.15, -0.1) is 0 Å². The normalized spacial score (nSPS) is 10.2. The Kier molecular flexibility index (Phi) is 4.40. The van der Waals surface area contributed by atoms with Gasteiger partial charge in [-0.2, -0.15) is 0 Å². The largest absolute Gasteiger partial charge is 0.494 e. The second kappa shape index (κ2) is 5.58. The van der Waals surface area contributed by atoms with E-state index in [1.165, 1.54) is 14.0 Å². The highest BCUT2D eigenvalue weighted by Gasteiger charge is 2.10. The fourth-order valence-electron chi connectivity index (χ4n) is 1.45. The van der Waals surface area contributed by atoms with Crippen molar-refractivity contribution < 1.29 is 18.3 Å². The zero-order valence-corrected chi connectivity index (χ0v) is 9.35. The van der Waals surface area contributed by atoms with Gasteiger partial charge in [-0.05, 0) is 31.4 Å². The van der Waals surface area contributed by atoms with Crippen LogP contribution in [0.1, 0.15) is 25.3 Å². The molecule has 0 N–H and O–H groups in total. The maximum Gasteiger partial charge on any atom is 0.165 e. The number of ether oxygens (including phenoxy) is 1. The van der Waals surface area contributed by atoms with Gasteiger partial charge in [0.15, 0.2) is 11.6 Å². The Hall–Kier alpha value is -1.45. The van der Waals surface area contributed by atoms with Crippen LogP contribution in [0.4, 0.5) is 8.78 Å². The van der Waals surface area contributed by atoms with Crippen molar-refractivity contribution in [2.45, 2.75) is 26.2 Å². The minimum absolute atomic E-state index is 0.0504. The Balaban J connectivity index is 2.73. The van der Waals surface area contributed by atoms with Crippen molar-refractivity contribution in [3.8, 4) is 5.75 Å². The Morgan fingerprint density at radius 1 is 1.31 bits per heavy atom. The van der Waals surface area contributed by atoms with E-state index in [-0.39, 0.29) is 17.1 Å². The number of ketones is 1. The topological polar surface area (TPSA) is 26.3 Å². The molecule has 0 saturated carbocycles. The lowest BCUT2D eigenvalue weighted by Gasteiger charge is -2.06. The van der Waals surface area contributed by atoms with Crippen LogP contribution in [0.3, 0.4) is 0 Å². The molecule has 1 rings (SSSR count). The standard InChI is InChI=1S/C12H14F2O2/c1-8(15)4-3-5-9-6-11(14)12(16-2)7-10(9)13/h6-7H,3-5H2,1-2H3. The third-order valence-corrected chi connectivity index (χ3v) is 2.30. The first-order valence-corrected chi connectivity index (χ1v) is 5.06. The molecule has 0 bridgehead atoms. The van der Waals surface area contributed by atoms with Crippen LogP contribution in [-0.4, -0.2) is 12.9 Å². The first kappa shape index (κ1) is 12.6. The Labute approximate surface area is 93.2 Å². The zero-order valence-electron chi connectivity index (χ0n) is 9.35. The molecular formula is C12H14F2O2. The Morgan fingerprint density at radius 2 is 2.00 bits per heavy atom. The lowest BCUT2D eigenvalue weighted by molar-refractivity contribution is -0.117. The third-order valence-electron chi connectivity index (χ3n) is 2.30. The summed E-state index contributed by atoms with van der Waals surface area (Å²) in [5.41, 5.74) is 0.277. The van der Waals surface area contributed by atoms with E-state index in [1.54, 1.807) is 0 Å². The predicted octanol–water partition coefficient (Wildman–Crippen LogP) is 2.89. The monoisotopic (exact) mass is 228 g/mol. The Morgan fingerprint density at radius 3 is 2.56 bits per heavy atom. The summed E-state index contributed by atoms with van der Waals surface area (Å²) >= 11 is 0. The summed E-state index contributed by atoms with van der Waals surface area (Å²) in [6.07, 6.45) is 1.26. The molecule has 0 atom stereocenters. The van der Waals surface area contributed by atoms with Gasteiger partial charge in [0.25, 0.3) is 0 Å². The summed E-state index contributed by atoms with van der Waals surface area (Å²) in [6.45, 7) is 1.48. The van der Waals surface area contributed by atoms with Crippen LogP contribution >= 0.6 is 0 Å². The molecule has 0 saturated heterocycles. The van der Waals surface area contributed by atoms with Crippen LogP contribution < -0.4 is 4.74 Å². The second-order valence-corrected chi connectivity index (χ2v) is 3.63. The number of hydrogen-bond donors (Lipinski definition) is 0. The van der Waals surface area contributed by atoms with Gasteiger partial charge in [0.1, 0.15) is 11.6 Å². The molecule has 0 unspecified atom stereocenters. The van der Waals surface area contributed by atoms with E-state index in [9.17, 15) is 13.6 Å². The van der Waals surface area contributed by atoms with Gasteiger partial charge in [-0.25, -0.2) is 8.78 Å². The fraction of sp³-hybridized carbons (Fsp3) is 0.417. The van der Waals surface area contributed by atoms with Crippen LogP contribution in [-0.2, 0) is 11.2 Å². The molecule has 88 valence electrons. The van der Waals surface area contributed by atoms with Crippen LogP contribution in [0.5, 0.6) is 5.75 Å². The quantitative estimate of drug-likeness (QED) is 0.774. The molecule has 0 aliphatic heterocycles. The highest BCUT2D eigenvalue weighted by molar-refractivity contribution is 5.75. The Bertz CT molecular complexity index is 389. The molecule has 2 nitrogen and oxygen atoms in total. The van der Waals surface area contributed by atoms with Gasteiger partial charge in [-0.1, -0.05) is 0 Å². The number of carbonyl (C=O) groups excluding carboxylic acids is 1. The lowest BCUT2D eigenvalue weighted by atomic mass is 10.1. The van der Waals surface area contributed by atoms with E-state index in [4.69, 9.17) is 0 Å². The van der Waals surface area contributed by atoms with E-state index in [2.05, 4.69) is 4.74 Å². The van der Waals surface area contributed by atoms with Crippen molar-refractivity contribution in [2.75, 3.05) is 7.11 Å². The first-order chi connectivity index (χ1) is 7.54. The molecule has 0 heterocycles. The van der Waals surface area contributed by atoms with Crippen molar-refractivity contribution in [1.29, 1.82) is 0 Å². The van der Waals surface area contributed by atoms with Crippen LogP contribution in [0.2, 0.25) is 0 Å². The van der Waals surface area contributed by atoms with Crippen molar-refractivity contribution in [3.05, 3.63) is 29.3 Å².